The Kier molecular flexibility index (Phi) is 3.76. The average Bonchev–Trinajstić information content (AvgIpc) is 3.02. The normalized spacial score (nSPS) is 24.8. The lowest BCUT2D eigenvalue weighted by atomic mass is 9.84. The predicted octanol–water partition coefficient (Wildman–Crippen LogP) is 2.94. The first kappa shape index (κ1) is 16.1. The van der Waals surface area contributed by atoms with Crippen molar-refractivity contribution in [2.45, 2.75) is 44.4 Å². The minimum absolute atomic E-state index is 0.0991. The lowest BCUT2D eigenvalue weighted by Gasteiger charge is -2.45. The van der Waals surface area contributed by atoms with Gasteiger partial charge >= 0.3 is 0 Å². The highest BCUT2D eigenvalue weighted by atomic mass is 16.5. The zero-order valence-corrected chi connectivity index (χ0v) is 14.5. The Balaban J connectivity index is 1.83. The van der Waals surface area contributed by atoms with E-state index in [1.807, 2.05) is 49.1 Å². The summed E-state index contributed by atoms with van der Waals surface area (Å²) < 4.78 is 6.05. The van der Waals surface area contributed by atoms with Gasteiger partial charge < -0.3 is 14.7 Å². The average molecular weight is 338 g/mol. The van der Waals surface area contributed by atoms with Crippen molar-refractivity contribution in [1.29, 1.82) is 0 Å². The van der Waals surface area contributed by atoms with Crippen LogP contribution in [0.25, 0.3) is 11.1 Å². The number of fused-ring (bicyclic) bond motifs is 1. The summed E-state index contributed by atoms with van der Waals surface area (Å²) in [5, 5.41) is 11.0. The molecule has 1 unspecified atom stereocenters. The molecule has 1 N–H and O–H groups in total. The van der Waals surface area contributed by atoms with Crippen LogP contribution in [0.2, 0.25) is 0 Å². The highest BCUT2D eigenvalue weighted by Crippen LogP contribution is 2.45. The molecule has 0 radical (unpaired) electrons. The molecule has 5 nitrogen and oxygen atoms in total. The third kappa shape index (κ3) is 2.68. The van der Waals surface area contributed by atoms with Crippen LogP contribution < -0.4 is 4.74 Å². The van der Waals surface area contributed by atoms with Crippen molar-refractivity contribution in [1.82, 2.24) is 9.88 Å². The van der Waals surface area contributed by atoms with E-state index in [2.05, 4.69) is 4.98 Å². The van der Waals surface area contributed by atoms with Gasteiger partial charge in [0.15, 0.2) is 0 Å². The van der Waals surface area contributed by atoms with E-state index in [4.69, 9.17) is 4.74 Å². The van der Waals surface area contributed by atoms with Gasteiger partial charge in [-0.15, -0.1) is 0 Å². The number of carbonyl (C=O) groups excluding carboxylic acids is 1. The van der Waals surface area contributed by atoms with E-state index in [0.29, 0.717) is 13.0 Å². The zero-order chi connectivity index (χ0) is 17.6. The number of pyridine rings is 1. The number of aromatic nitrogens is 1. The van der Waals surface area contributed by atoms with Crippen molar-refractivity contribution >= 4 is 5.91 Å². The highest BCUT2D eigenvalue weighted by Gasteiger charge is 2.47. The van der Waals surface area contributed by atoms with Crippen LogP contribution in [0.1, 0.15) is 38.3 Å². The fourth-order valence-electron chi connectivity index (χ4n) is 3.79. The summed E-state index contributed by atoms with van der Waals surface area (Å²) in [5.41, 5.74) is 2.19. The van der Waals surface area contributed by atoms with E-state index >= 15 is 0 Å². The number of ether oxygens (including phenoxy) is 1. The first-order valence-electron chi connectivity index (χ1n) is 8.68. The second-order valence-corrected chi connectivity index (χ2v) is 7.27. The summed E-state index contributed by atoms with van der Waals surface area (Å²) >= 11 is 0. The van der Waals surface area contributed by atoms with Crippen LogP contribution in [-0.2, 0) is 4.79 Å². The van der Waals surface area contributed by atoms with Crippen LogP contribution in [-0.4, -0.2) is 39.1 Å². The topological polar surface area (TPSA) is 62.7 Å². The van der Waals surface area contributed by atoms with Gasteiger partial charge in [-0.25, -0.2) is 0 Å². The minimum atomic E-state index is -0.783. The summed E-state index contributed by atoms with van der Waals surface area (Å²) in [7, 11) is 0. The van der Waals surface area contributed by atoms with Gasteiger partial charge in [0.05, 0.1) is 6.04 Å². The number of hydrogen-bond acceptors (Lipinski definition) is 4. The van der Waals surface area contributed by atoms with Crippen LogP contribution >= 0.6 is 0 Å². The number of benzene rings is 1. The molecule has 1 saturated heterocycles. The summed E-state index contributed by atoms with van der Waals surface area (Å²) in [5.74, 6) is 0.833. The van der Waals surface area contributed by atoms with Crippen molar-refractivity contribution in [3.63, 3.8) is 0 Å². The second kappa shape index (κ2) is 5.85. The Labute approximate surface area is 147 Å². The van der Waals surface area contributed by atoms with Gasteiger partial charge in [-0.2, -0.15) is 0 Å². The molecule has 1 aromatic carbocycles. The van der Waals surface area contributed by atoms with Crippen molar-refractivity contribution in [2.24, 2.45) is 0 Å². The van der Waals surface area contributed by atoms with Crippen LogP contribution in [0.15, 0.2) is 42.7 Å². The SMILES string of the molecule is CC1(C)Oc2ccc(-c3ccncc3)cc2C(N2CCCC2=O)[C@@H]1O. The quantitative estimate of drug-likeness (QED) is 0.914. The molecule has 0 bridgehead atoms. The van der Waals surface area contributed by atoms with E-state index < -0.39 is 11.7 Å². The molecule has 1 aromatic heterocycles. The standard InChI is InChI=1S/C20H22N2O3/c1-20(2)19(24)18(22-11-3-4-17(22)23)15-12-14(5-6-16(15)25-20)13-7-9-21-10-8-13/h5-10,12,18-19,24H,3-4,11H2,1-2H3/t18?,19-/m0/s1. The number of hydrogen-bond donors (Lipinski definition) is 1. The molecule has 2 atom stereocenters. The van der Waals surface area contributed by atoms with Gasteiger partial charge in [0, 0.05) is 30.9 Å². The molecule has 0 spiro atoms. The molecule has 2 aliphatic rings. The molecule has 3 heterocycles. The monoisotopic (exact) mass is 338 g/mol. The Morgan fingerprint density at radius 2 is 1.96 bits per heavy atom. The number of carbonyl (C=O) groups is 1. The molecular weight excluding hydrogens is 316 g/mol. The smallest absolute Gasteiger partial charge is 0.223 e. The molecule has 130 valence electrons. The lowest BCUT2D eigenvalue weighted by Crippen LogP contribution is -2.53. The van der Waals surface area contributed by atoms with Crippen LogP contribution in [0.4, 0.5) is 0 Å². The summed E-state index contributed by atoms with van der Waals surface area (Å²) in [6, 6.07) is 9.48. The Morgan fingerprint density at radius 1 is 1.20 bits per heavy atom. The number of likely N-dealkylation sites (tertiary alicyclic amines) is 1. The van der Waals surface area contributed by atoms with Gasteiger partial charge in [-0.1, -0.05) is 6.07 Å². The van der Waals surface area contributed by atoms with Gasteiger partial charge in [0.1, 0.15) is 17.5 Å². The molecule has 25 heavy (non-hydrogen) atoms. The van der Waals surface area contributed by atoms with E-state index in [0.717, 1.165) is 28.9 Å². The molecule has 1 amide bonds. The first-order valence-corrected chi connectivity index (χ1v) is 8.68. The molecular formula is C20H22N2O3. The maximum absolute atomic E-state index is 12.4. The van der Waals surface area contributed by atoms with Crippen molar-refractivity contribution < 1.29 is 14.6 Å². The number of amides is 1. The summed E-state index contributed by atoms with van der Waals surface area (Å²) in [6.45, 7) is 4.41. The van der Waals surface area contributed by atoms with Crippen LogP contribution in [0, 0.1) is 0 Å². The van der Waals surface area contributed by atoms with Gasteiger partial charge in [-0.3, -0.25) is 9.78 Å². The predicted molar refractivity (Wildman–Crippen MR) is 94.1 cm³/mol. The Morgan fingerprint density at radius 3 is 2.64 bits per heavy atom. The second-order valence-electron chi connectivity index (χ2n) is 7.27. The van der Waals surface area contributed by atoms with E-state index in [9.17, 15) is 9.90 Å². The molecule has 2 aromatic rings. The highest BCUT2D eigenvalue weighted by molar-refractivity contribution is 5.79. The minimum Gasteiger partial charge on any atom is -0.485 e. The largest absolute Gasteiger partial charge is 0.485 e. The third-order valence-electron chi connectivity index (χ3n) is 5.17. The van der Waals surface area contributed by atoms with Gasteiger partial charge in [0.2, 0.25) is 5.91 Å². The van der Waals surface area contributed by atoms with E-state index in [1.54, 1.807) is 12.4 Å². The lowest BCUT2D eigenvalue weighted by molar-refractivity contribution is -0.139. The van der Waals surface area contributed by atoms with E-state index in [-0.39, 0.29) is 11.9 Å². The maximum atomic E-state index is 12.4. The van der Waals surface area contributed by atoms with Gasteiger partial charge in [-0.05, 0) is 55.7 Å². The summed E-state index contributed by atoms with van der Waals surface area (Å²) in [4.78, 5) is 18.2. The first-order chi connectivity index (χ1) is 12.0. The fourth-order valence-corrected chi connectivity index (χ4v) is 3.79. The maximum Gasteiger partial charge on any atom is 0.223 e. The van der Waals surface area contributed by atoms with Gasteiger partial charge in [0.25, 0.3) is 0 Å². The number of rotatable bonds is 2. The molecule has 1 fully saturated rings. The number of nitrogens with zero attached hydrogens (tertiary/aromatic N) is 2. The Bertz CT molecular complexity index is 804. The van der Waals surface area contributed by atoms with E-state index in [1.165, 1.54) is 0 Å². The van der Waals surface area contributed by atoms with Crippen LogP contribution in [0.5, 0.6) is 5.75 Å². The molecule has 2 aliphatic heterocycles. The Hall–Kier alpha value is -2.40. The van der Waals surface area contributed by atoms with Crippen molar-refractivity contribution in [3.05, 3.63) is 48.3 Å². The fraction of sp³-hybridized carbons (Fsp3) is 0.400. The van der Waals surface area contributed by atoms with Crippen molar-refractivity contribution in [3.8, 4) is 16.9 Å². The molecule has 0 saturated carbocycles. The van der Waals surface area contributed by atoms with Crippen molar-refractivity contribution in [2.75, 3.05) is 6.54 Å². The molecule has 0 aliphatic carbocycles. The zero-order valence-electron chi connectivity index (χ0n) is 14.5. The number of aliphatic hydroxyl groups excluding tert-OH is 1. The number of aliphatic hydroxyl groups is 1. The van der Waals surface area contributed by atoms with Crippen LogP contribution in [0.3, 0.4) is 0 Å². The molecule has 4 rings (SSSR count). The summed E-state index contributed by atoms with van der Waals surface area (Å²) in [6.07, 6.45) is 4.11. The third-order valence-corrected chi connectivity index (χ3v) is 5.17. The molecule has 5 heteroatoms.